The van der Waals surface area contributed by atoms with Crippen LogP contribution in [0.2, 0.25) is 5.04 Å². The quantitative estimate of drug-likeness (QED) is 0.144. The smallest absolute Gasteiger partial charge is 0.354 e. The molecule has 9 heteroatoms. The molecule has 3 aromatic carbocycles. The number of fused-ring (bicyclic) bond motifs is 1. The largest absolute Gasteiger partial charge is 0.597 e. The highest BCUT2D eigenvalue weighted by molar-refractivity contribution is 9.10. The summed E-state index contributed by atoms with van der Waals surface area (Å²) in [5.41, 5.74) is 3.15. The first-order valence-electron chi connectivity index (χ1n) is 15.2. The van der Waals surface area contributed by atoms with Crippen molar-refractivity contribution < 1.29 is 18.9 Å². The van der Waals surface area contributed by atoms with Crippen LogP contribution >= 0.6 is 15.9 Å². The van der Waals surface area contributed by atoms with Crippen LogP contribution in [0.25, 0.3) is 11.3 Å². The first-order valence-corrected chi connectivity index (χ1v) is 19.0. The van der Waals surface area contributed by atoms with Gasteiger partial charge in [-0.25, -0.2) is 9.78 Å². The molecule has 5 rings (SSSR count). The van der Waals surface area contributed by atoms with Crippen LogP contribution in [0, 0.1) is 0 Å². The van der Waals surface area contributed by atoms with E-state index in [0.29, 0.717) is 25.3 Å². The predicted molar refractivity (Wildman–Crippen MR) is 189 cm³/mol. The van der Waals surface area contributed by atoms with Gasteiger partial charge in [-0.2, -0.15) is 0 Å². The van der Waals surface area contributed by atoms with E-state index in [-0.39, 0.29) is 16.8 Å². The first kappa shape index (κ1) is 33.6. The lowest BCUT2D eigenvalue weighted by molar-refractivity contribution is 0.0690. The van der Waals surface area contributed by atoms with E-state index in [1.165, 1.54) is 10.4 Å². The second-order valence-electron chi connectivity index (χ2n) is 13.5. The van der Waals surface area contributed by atoms with Gasteiger partial charge < -0.3 is 14.1 Å². The molecule has 0 saturated carbocycles. The molecule has 236 valence electrons. The van der Waals surface area contributed by atoms with Crippen molar-refractivity contribution in [2.24, 2.45) is 0 Å². The summed E-state index contributed by atoms with van der Waals surface area (Å²) in [5, 5.41) is 12.2. The van der Waals surface area contributed by atoms with Crippen molar-refractivity contribution >= 4 is 52.0 Å². The Hall–Kier alpha value is -2.79. The lowest BCUT2D eigenvalue weighted by Gasteiger charge is -2.43. The van der Waals surface area contributed by atoms with Crippen LogP contribution in [0.4, 0.5) is 0 Å². The van der Waals surface area contributed by atoms with Crippen LogP contribution in [0.15, 0.2) is 95.5 Å². The Morgan fingerprint density at radius 2 is 1.58 bits per heavy atom. The minimum absolute atomic E-state index is 0.0190. The first-order chi connectivity index (χ1) is 21.2. The summed E-state index contributed by atoms with van der Waals surface area (Å²) in [6, 6.07) is 30.2. The highest BCUT2D eigenvalue weighted by atomic mass is 79.9. The molecule has 4 aromatic rings. The Morgan fingerprint density at radius 1 is 0.978 bits per heavy atom. The Kier molecular flexibility index (Phi) is 9.80. The van der Waals surface area contributed by atoms with Crippen molar-refractivity contribution in [1.82, 2.24) is 9.29 Å². The average molecular weight is 706 g/mol. The third kappa shape index (κ3) is 6.70. The van der Waals surface area contributed by atoms with Gasteiger partial charge in [0.15, 0.2) is 0 Å². The van der Waals surface area contributed by atoms with E-state index in [0.717, 1.165) is 21.2 Å². The van der Waals surface area contributed by atoms with Crippen LogP contribution < -0.4 is 10.4 Å². The fourth-order valence-electron chi connectivity index (χ4n) is 6.40. The summed E-state index contributed by atoms with van der Waals surface area (Å²) in [6.07, 6.45) is 0.564. The van der Waals surface area contributed by atoms with Gasteiger partial charge in [-0.3, -0.25) is 0 Å². The molecule has 0 aliphatic carbocycles. The van der Waals surface area contributed by atoms with Gasteiger partial charge in [0, 0.05) is 33.6 Å². The lowest BCUT2D eigenvalue weighted by Crippen LogP contribution is -2.66. The topological polar surface area (TPSA) is 85.7 Å². The summed E-state index contributed by atoms with van der Waals surface area (Å²) in [4.78, 5) is 16.9. The number of benzene rings is 3. The van der Waals surface area contributed by atoms with E-state index in [9.17, 15) is 14.5 Å². The van der Waals surface area contributed by atoms with Crippen molar-refractivity contribution in [2.75, 3.05) is 6.61 Å². The second-order valence-corrected chi connectivity index (χ2v) is 20.9. The van der Waals surface area contributed by atoms with Crippen LogP contribution in [0.5, 0.6) is 0 Å². The van der Waals surface area contributed by atoms with Crippen LogP contribution in [0.1, 0.15) is 75.6 Å². The van der Waals surface area contributed by atoms with Crippen molar-refractivity contribution in [1.29, 1.82) is 0 Å². The number of halogens is 1. The number of rotatable bonds is 9. The number of carbonyl (C=O) groups is 1. The van der Waals surface area contributed by atoms with E-state index >= 15 is 0 Å². The maximum atomic E-state index is 14.1. The number of hydrogen-bond donors (Lipinski definition) is 1. The zero-order valence-corrected chi connectivity index (χ0v) is 30.1. The van der Waals surface area contributed by atoms with Crippen molar-refractivity contribution in [3.05, 3.63) is 112 Å². The van der Waals surface area contributed by atoms with Crippen molar-refractivity contribution in [3.8, 4) is 11.3 Å². The van der Waals surface area contributed by atoms with Crippen molar-refractivity contribution in [2.45, 2.75) is 70.3 Å². The molecule has 0 spiro atoms. The molecular weight excluding hydrogens is 664 g/mol. The number of aromatic carboxylic acids is 1. The van der Waals surface area contributed by atoms with Crippen molar-refractivity contribution in [3.63, 3.8) is 0 Å². The van der Waals surface area contributed by atoms with Gasteiger partial charge in [-0.15, -0.1) is 4.31 Å². The van der Waals surface area contributed by atoms with Crippen LogP contribution in [-0.2, 0) is 22.3 Å². The van der Waals surface area contributed by atoms with Gasteiger partial charge in [-0.1, -0.05) is 109 Å². The van der Waals surface area contributed by atoms with Gasteiger partial charge >= 0.3 is 5.97 Å². The molecule has 1 aliphatic heterocycles. The van der Waals surface area contributed by atoms with Crippen LogP contribution in [-0.4, -0.2) is 44.6 Å². The summed E-state index contributed by atoms with van der Waals surface area (Å²) in [7, 11) is -2.80. The molecule has 0 radical (unpaired) electrons. The zero-order chi connectivity index (χ0) is 32.6. The molecular formula is C36H41BrN2O4SSi. The van der Waals surface area contributed by atoms with Gasteiger partial charge in [0.1, 0.15) is 10.4 Å². The molecule has 2 heterocycles. The highest BCUT2D eigenvalue weighted by Crippen LogP contribution is 2.46. The maximum absolute atomic E-state index is 14.1. The summed E-state index contributed by atoms with van der Waals surface area (Å²) < 4.78 is 23.7. The number of aromatic nitrogens is 1. The summed E-state index contributed by atoms with van der Waals surface area (Å²) in [5.74, 6) is -1.09. The summed E-state index contributed by atoms with van der Waals surface area (Å²) in [6.45, 7) is 13.5. The molecule has 1 aliphatic rings. The zero-order valence-electron chi connectivity index (χ0n) is 26.7. The standard InChI is InChI=1S/C36H41BrN2O4SSi/c1-35(2,3)44(42)39-24-26-23-30(34(40)41)38-33(25-14-13-15-27(37)22-25)32(26)31(39)20-21-43-45(36(4,5)6,28-16-9-7-10-17-28)29-18-11-8-12-19-29/h7-19,22-23,31H,20-21,24H2,1-6H3,(H,40,41)/t31-,44-/m1/s1. The monoisotopic (exact) mass is 704 g/mol. The number of pyridine rings is 1. The van der Waals surface area contributed by atoms with Gasteiger partial charge in [0.2, 0.25) is 0 Å². The van der Waals surface area contributed by atoms with Gasteiger partial charge in [0.05, 0.1) is 18.3 Å². The molecule has 1 N–H and O–H groups in total. The van der Waals surface area contributed by atoms with Gasteiger partial charge in [0.25, 0.3) is 8.32 Å². The van der Waals surface area contributed by atoms with E-state index in [2.05, 4.69) is 90.2 Å². The minimum atomic E-state index is -2.80. The third-order valence-electron chi connectivity index (χ3n) is 8.33. The fraction of sp³-hybridized carbons (Fsp3) is 0.333. The molecule has 45 heavy (non-hydrogen) atoms. The molecule has 0 fully saturated rings. The Labute approximate surface area is 279 Å². The van der Waals surface area contributed by atoms with Crippen LogP contribution in [0.3, 0.4) is 0 Å². The predicted octanol–water partition coefficient (Wildman–Crippen LogP) is 7.49. The molecule has 2 atom stereocenters. The lowest BCUT2D eigenvalue weighted by atomic mass is 9.96. The molecule has 1 aromatic heterocycles. The Balaban J connectivity index is 1.62. The number of nitrogens with zero attached hydrogens (tertiary/aromatic N) is 2. The third-order valence-corrected chi connectivity index (χ3v) is 15.7. The SMILES string of the molecule is CC(C)(C)[S@@+]([O-])N1Cc2cc(C(=O)O)nc(-c3cccc(Br)c3)c2[C@H]1CCO[Si](c1ccccc1)(c1ccccc1)C(C)(C)C. The highest BCUT2D eigenvalue weighted by Gasteiger charge is 2.51. The Morgan fingerprint density at radius 3 is 2.09 bits per heavy atom. The van der Waals surface area contributed by atoms with E-state index in [1.807, 2.05) is 61.5 Å². The molecule has 0 unspecified atom stereocenters. The van der Waals surface area contributed by atoms with E-state index < -0.39 is 30.4 Å². The number of carboxylic acid groups (broad SMARTS) is 1. The number of hydrogen-bond acceptors (Lipinski definition) is 5. The molecule has 0 saturated heterocycles. The van der Waals surface area contributed by atoms with E-state index in [4.69, 9.17) is 4.43 Å². The molecule has 0 bridgehead atoms. The molecule has 6 nitrogen and oxygen atoms in total. The Bertz CT molecular complexity index is 1620. The van der Waals surface area contributed by atoms with E-state index in [1.54, 1.807) is 6.07 Å². The summed E-state index contributed by atoms with van der Waals surface area (Å²) >= 11 is 2.21. The average Bonchev–Trinajstić information content (AvgIpc) is 3.36. The molecule has 0 amide bonds. The normalized spacial score (nSPS) is 16.4. The fourth-order valence-corrected chi connectivity index (χ4v) is 12.8. The number of carboxylic acids is 1. The second kappa shape index (κ2) is 13.1. The maximum Gasteiger partial charge on any atom is 0.354 e. The van der Waals surface area contributed by atoms with Gasteiger partial charge in [-0.05, 0) is 66.4 Å². The minimum Gasteiger partial charge on any atom is -0.597 e.